The summed E-state index contributed by atoms with van der Waals surface area (Å²) in [6.45, 7) is 6.23. The van der Waals surface area contributed by atoms with Gasteiger partial charge in [-0.2, -0.15) is 5.26 Å². The summed E-state index contributed by atoms with van der Waals surface area (Å²) in [5, 5.41) is 9.07. The Morgan fingerprint density at radius 1 is 1.07 bits per heavy atom. The number of halogens is 1. The van der Waals surface area contributed by atoms with Crippen LogP contribution < -0.4 is 29.1 Å². The summed E-state index contributed by atoms with van der Waals surface area (Å²) < 4.78 is 25.5. The molecule has 0 fully saturated rings. The van der Waals surface area contributed by atoms with Gasteiger partial charge in [0.1, 0.15) is 12.4 Å². The number of ether oxygens (including phenoxy) is 4. The standard InChI is InChI=1S/C34H30BrN3O6S/c1-5-42-28-17-25(35)24(16-27(28)41-4)31-30(33(40)43-6-2)20(3)37-34-38(31)32(39)29(45-34)15-23-9-7-8-10-26(23)44-19-22-13-11-21(18-36)12-14-22/h7-17,31H,5-6,19H2,1-4H3/b29-15+/t31-/m0/s1. The fraction of sp³-hybridized carbons (Fsp3) is 0.235. The lowest BCUT2D eigenvalue weighted by Crippen LogP contribution is -2.40. The van der Waals surface area contributed by atoms with Gasteiger partial charge in [0.05, 0.1) is 53.8 Å². The summed E-state index contributed by atoms with van der Waals surface area (Å²) in [7, 11) is 1.54. The van der Waals surface area contributed by atoms with Crippen molar-refractivity contribution in [3.63, 3.8) is 0 Å². The van der Waals surface area contributed by atoms with Crippen LogP contribution >= 0.6 is 27.3 Å². The van der Waals surface area contributed by atoms with Crippen LogP contribution in [0.2, 0.25) is 0 Å². The number of esters is 1. The fourth-order valence-electron chi connectivity index (χ4n) is 4.98. The third-order valence-corrected chi connectivity index (χ3v) is 8.75. The summed E-state index contributed by atoms with van der Waals surface area (Å²) in [5.74, 6) is 1.02. The minimum absolute atomic E-state index is 0.166. The second-order valence-corrected chi connectivity index (χ2v) is 11.8. The van der Waals surface area contributed by atoms with Gasteiger partial charge in [0, 0.05) is 10.0 Å². The fourth-order valence-corrected chi connectivity index (χ4v) is 6.56. The van der Waals surface area contributed by atoms with E-state index in [1.54, 1.807) is 44.2 Å². The van der Waals surface area contributed by atoms with Gasteiger partial charge in [-0.15, -0.1) is 0 Å². The number of fused-ring (bicyclic) bond motifs is 1. The Hall–Kier alpha value is -4.66. The van der Waals surface area contributed by atoms with Crippen LogP contribution in [0.1, 0.15) is 49.1 Å². The number of hydrogen-bond donors (Lipinski definition) is 0. The zero-order valence-corrected chi connectivity index (χ0v) is 27.5. The maximum atomic E-state index is 14.2. The third kappa shape index (κ3) is 6.57. The zero-order valence-electron chi connectivity index (χ0n) is 25.1. The highest BCUT2D eigenvalue weighted by molar-refractivity contribution is 9.10. The lowest BCUT2D eigenvalue weighted by atomic mass is 9.95. The van der Waals surface area contributed by atoms with Crippen LogP contribution in [0.5, 0.6) is 17.2 Å². The van der Waals surface area contributed by atoms with Crippen molar-refractivity contribution in [1.29, 1.82) is 5.26 Å². The lowest BCUT2D eigenvalue weighted by molar-refractivity contribution is -0.139. The number of carbonyl (C=O) groups excluding carboxylic acids is 1. The van der Waals surface area contributed by atoms with Crippen molar-refractivity contribution in [2.24, 2.45) is 4.99 Å². The van der Waals surface area contributed by atoms with Gasteiger partial charge >= 0.3 is 5.97 Å². The van der Waals surface area contributed by atoms with Gasteiger partial charge in [0.2, 0.25) is 0 Å². The Kier molecular flexibility index (Phi) is 9.86. The molecule has 230 valence electrons. The van der Waals surface area contributed by atoms with Crippen molar-refractivity contribution >= 4 is 39.3 Å². The molecule has 0 aliphatic carbocycles. The van der Waals surface area contributed by atoms with Crippen molar-refractivity contribution in [3.05, 3.63) is 118 Å². The highest BCUT2D eigenvalue weighted by atomic mass is 79.9. The van der Waals surface area contributed by atoms with E-state index in [1.807, 2.05) is 43.3 Å². The lowest BCUT2D eigenvalue weighted by Gasteiger charge is -2.26. The van der Waals surface area contributed by atoms with Crippen LogP contribution in [0.4, 0.5) is 0 Å². The number of nitrogens with zero attached hydrogens (tertiary/aromatic N) is 3. The molecule has 0 N–H and O–H groups in total. The predicted molar refractivity (Wildman–Crippen MR) is 174 cm³/mol. The molecule has 2 heterocycles. The highest BCUT2D eigenvalue weighted by Crippen LogP contribution is 2.41. The van der Waals surface area contributed by atoms with Gasteiger partial charge in [-0.1, -0.05) is 57.6 Å². The molecule has 1 aromatic heterocycles. The number of nitriles is 1. The Morgan fingerprint density at radius 3 is 2.51 bits per heavy atom. The van der Waals surface area contributed by atoms with Crippen LogP contribution in [0, 0.1) is 11.3 Å². The van der Waals surface area contributed by atoms with E-state index < -0.39 is 12.0 Å². The van der Waals surface area contributed by atoms with E-state index in [4.69, 9.17) is 24.2 Å². The smallest absolute Gasteiger partial charge is 0.338 e. The van der Waals surface area contributed by atoms with E-state index in [1.165, 1.54) is 23.0 Å². The number of methoxy groups -OCH3 is 1. The molecule has 1 atom stereocenters. The number of benzene rings is 3. The Morgan fingerprint density at radius 2 is 1.82 bits per heavy atom. The molecule has 0 amide bonds. The van der Waals surface area contributed by atoms with E-state index in [2.05, 4.69) is 27.0 Å². The molecule has 0 bridgehead atoms. The van der Waals surface area contributed by atoms with E-state index >= 15 is 0 Å². The van der Waals surface area contributed by atoms with Gasteiger partial charge < -0.3 is 18.9 Å². The Bertz CT molecular complexity index is 2010. The van der Waals surface area contributed by atoms with Gasteiger partial charge in [-0.3, -0.25) is 9.36 Å². The second-order valence-electron chi connectivity index (χ2n) is 9.90. The molecule has 0 spiro atoms. The van der Waals surface area contributed by atoms with E-state index in [-0.39, 0.29) is 24.3 Å². The molecule has 1 aliphatic rings. The molecule has 9 nitrogen and oxygen atoms in total. The van der Waals surface area contributed by atoms with Crippen LogP contribution in [0.15, 0.2) is 86.2 Å². The van der Waals surface area contributed by atoms with Crippen LogP contribution in [-0.4, -0.2) is 30.9 Å². The van der Waals surface area contributed by atoms with Gasteiger partial charge in [0.15, 0.2) is 16.3 Å². The first-order valence-electron chi connectivity index (χ1n) is 14.2. The summed E-state index contributed by atoms with van der Waals surface area (Å²) in [5.41, 5.74) is 3.20. The van der Waals surface area contributed by atoms with Crippen LogP contribution in [-0.2, 0) is 16.1 Å². The number of allylic oxidation sites excluding steroid dienone is 1. The summed E-state index contributed by atoms with van der Waals surface area (Å²) in [4.78, 5) is 32.7. The minimum atomic E-state index is -0.843. The molecule has 45 heavy (non-hydrogen) atoms. The van der Waals surface area contributed by atoms with Gasteiger partial charge in [0.25, 0.3) is 5.56 Å². The normalized spacial score (nSPS) is 14.3. The van der Waals surface area contributed by atoms with Crippen molar-refractivity contribution in [2.45, 2.75) is 33.4 Å². The number of para-hydroxylation sites is 1. The van der Waals surface area contributed by atoms with Gasteiger partial charge in [-0.05, 0) is 68.3 Å². The third-order valence-electron chi connectivity index (χ3n) is 7.08. The first-order chi connectivity index (χ1) is 21.8. The van der Waals surface area contributed by atoms with Crippen molar-refractivity contribution in [2.75, 3.05) is 20.3 Å². The molecule has 3 aromatic carbocycles. The van der Waals surface area contributed by atoms with Crippen molar-refractivity contribution < 1.29 is 23.7 Å². The van der Waals surface area contributed by atoms with Crippen LogP contribution in [0.3, 0.4) is 0 Å². The quantitative estimate of drug-likeness (QED) is 0.205. The van der Waals surface area contributed by atoms with E-state index in [0.717, 1.165) is 5.56 Å². The second kappa shape index (κ2) is 14.0. The van der Waals surface area contributed by atoms with Crippen molar-refractivity contribution in [3.8, 4) is 23.3 Å². The number of carbonyl (C=O) groups is 1. The summed E-state index contributed by atoms with van der Waals surface area (Å²) in [6.07, 6.45) is 1.77. The maximum absolute atomic E-state index is 14.2. The maximum Gasteiger partial charge on any atom is 0.338 e. The monoisotopic (exact) mass is 687 g/mol. The number of aromatic nitrogens is 1. The molecule has 0 radical (unpaired) electrons. The Balaban J connectivity index is 1.62. The molecule has 0 unspecified atom stereocenters. The van der Waals surface area contributed by atoms with Crippen LogP contribution in [0.25, 0.3) is 6.08 Å². The van der Waals surface area contributed by atoms with E-state index in [9.17, 15) is 9.59 Å². The average Bonchev–Trinajstić information content (AvgIpc) is 3.34. The first-order valence-corrected chi connectivity index (χ1v) is 15.8. The molecule has 4 aromatic rings. The van der Waals surface area contributed by atoms with Gasteiger partial charge in [-0.25, -0.2) is 9.79 Å². The number of hydrogen-bond acceptors (Lipinski definition) is 9. The molecular formula is C34H30BrN3O6S. The minimum Gasteiger partial charge on any atom is -0.493 e. The molecular weight excluding hydrogens is 658 g/mol. The molecule has 0 saturated heterocycles. The van der Waals surface area contributed by atoms with E-state index in [0.29, 0.717) is 60.0 Å². The number of rotatable bonds is 10. The highest BCUT2D eigenvalue weighted by Gasteiger charge is 2.35. The summed E-state index contributed by atoms with van der Waals surface area (Å²) in [6, 6.07) is 19.4. The molecule has 1 aliphatic heterocycles. The summed E-state index contributed by atoms with van der Waals surface area (Å²) >= 11 is 4.87. The average molecular weight is 689 g/mol. The Labute approximate surface area is 272 Å². The zero-order chi connectivity index (χ0) is 32.1. The topological polar surface area (TPSA) is 112 Å². The molecule has 0 saturated carbocycles. The molecule has 11 heteroatoms. The SMILES string of the molecule is CCOC(=O)C1=C(C)N=c2s/c(=C/c3ccccc3OCc3ccc(C#N)cc3)c(=O)n2[C@H]1c1cc(OC)c(OCC)cc1Br. The predicted octanol–water partition coefficient (Wildman–Crippen LogP) is 5.42. The largest absolute Gasteiger partial charge is 0.493 e. The number of thiazole rings is 1. The first kappa shape index (κ1) is 31.8. The van der Waals surface area contributed by atoms with Crippen molar-refractivity contribution in [1.82, 2.24) is 4.57 Å². The molecule has 5 rings (SSSR count).